The number of piperidine rings is 1. The number of fused-ring (bicyclic) bond motifs is 1. The van der Waals surface area contributed by atoms with E-state index in [1.807, 2.05) is 16.8 Å². The first-order valence-electron chi connectivity index (χ1n) is 8.05. The molecule has 1 spiro atoms. The van der Waals surface area contributed by atoms with Crippen LogP contribution in [0.3, 0.4) is 0 Å². The molecule has 0 amide bonds. The molecule has 0 unspecified atom stereocenters. The van der Waals surface area contributed by atoms with Crippen molar-refractivity contribution in [3.05, 3.63) is 23.1 Å². The summed E-state index contributed by atoms with van der Waals surface area (Å²) in [4.78, 5) is 11.3. The van der Waals surface area contributed by atoms with E-state index in [1.54, 1.807) is 6.20 Å². The molecule has 4 rings (SSSR count). The Morgan fingerprint density at radius 3 is 2.70 bits per heavy atom. The monoisotopic (exact) mass is 379 g/mol. The van der Waals surface area contributed by atoms with Crippen molar-refractivity contribution >= 4 is 27.5 Å². The van der Waals surface area contributed by atoms with Gasteiger partial charge in [0, 0.05) is 43.1 Å². The van der Waals surface area contributed by atoms with E-state index in [0.717, 1.165) is 48.6 Å². The third kappa shape index (κ3) is 2.28. The molecule has 2 aromatic heterocycles. The fourth-order valence-electron chi connectivity index (χ4n) is 3.87. The average molecular weight is 380 g/mol. The maximum atomic E-state index is 6.52. The van der Waals surface area contributed by atoms with Crippen molar-refractivity contribution in [3.8, 4) is 0 Å². The van der Waals surface area contributed by atoms with Gasteiger partial charge in [0.05, 0.1) is 16.7 Å². The number of aromatic nitrogens is 3. The number of ether oxygens (including phenoxy) is 1. The van der Waals surface area contributed by atoms with Gasteiger partial charge in [-0.2, -0.15) is 0 Å². The molecule has 2 N–H and O–H groups in total. The van der Waals surface area contributed by atoms with Crippen molar-refractivity contribution in [2.75, 3.05) is 24.6 Å². The highest BCUT2D eigenvalue weighted by atomic mass is 79.9. The van der Waals surface area contributed by atoms with Crippen LogP contribution in [0, 0.1) is 5.41 Å². The van der Waals surface area contributed by atoms with Crippen molar-refractivity contribution < 1.29 is 4.74 Å². The highest BCUT2D eigenvalue weighted by Gasteiger charge is 2.53. The Balaban J connectivity index is 1.58. The highest BCUT2D eigenvalue weighted by Crippen LogP contribution is 2.44. The van der Waals surface area contributed by atoms with E-state index in [0.29, 0.717) is 0 Å². The molecule has 2 saturated heterocycles. The molecule has 0 aromatic carbocycles. The van der Waals surface area contributed by atoms with Crippen LogP contribution in [-0.4, -0.2) is 45.7 Å². The number of imidazole rings is 1. The maximum Gasteiger partial charge on any atom is 0.211 e. The standard InChI is InChI=1S/C16H22BrN5O/c1-15(2)10-23-16(13(15)18)3-6-21(7-4-16)14-20-9-11(17)12-19-5-8-22(12)14/h5,8-9,13H,3-4,6-7,10,18H2,1-2H3/t13-/m1/s1. The van der Waals surface area contributed by atoms with Crippen LogP contribution in [0.5, 0.6) is 0 Å². The lowest BCUT2D eigenvalue weighted by Crippen LogP contribution is -2.56. The van der Waals surface area contributed by atoms with E-state index in [2.05, 4.69) is 44.6 Å². The molecule has 2 aliphatic rings. The molecule has 6 nitrogen and oxygen atoms in total. The number of halogens is 1. The number of hydrogen-bond acceptors (Lipinski definition) is 5. The van der Waals surface area contributed by atoms with Crippen molar-refractivity contribution in [1.82, 2.24) is 14.4 Å². The first kappa shape index (κ1) is 15.4. The number of anilines is 1. The average Bonchev–Trinajstić information content (AvgIpc) is 3.11. The van der Waals surface area contributed by atoms with Crippen LogP contribution < -0.4 is 10.6 Å². The second-order valence-corrected chi connectivity index (χ2v) is 8.19. The zero-order chi connectivity index (χ0) is 16.2. The topological polar surface area (TPSA) is 68.7 Å². The van der Waals surface area contributed by atoms with Gasteiger partial charge in [0.15, 0.2) is 5.65 Å². The third-order valence-corrected chi connectivity index (χ3v) is 5.96. The van der Waals surface area contributed by atoms with Gasteiger partial charge in [-0.05, 0) is 28.8 Å². The van der Waals surface area contributed by atoms with Crippen LogP contribution in [0.1, 0.15) is 26.7 Å². The smallest absolute Gasteiger partial charge is 0.211 e. The Morgan fingerprint density at radius 1 is 1.30 bits per heavy atom. The number of nitrogens with two attached hydrogens (primary N) is 1. The van der Waals surface area contributed by atoms with Crippen molar-refractivity contribution in [3.63, 3.8) is 0 Å². The minimum Gasteiger partial charge on any atom is -0.373 e. The SMILES string of the molecule is CC1(C)COC2(CCN(c3ncc(Br)c4nccn34)CC2)[C@@H]1N. The summed E-state index contributed by atoms with van der Waals surface area (Å²) in [7, 11) is 0. The lowest BCUT2D eigenvalue weighted by molar-refractivity contribution is -0.0236. The molecule has 1 atom stereocenters. The lowest BCUT2D eigenvalue weighted by Gasteiger charge is -2.42. The summed E-state index contributed by atoms with van der Waals surface area (Å²) in [5.74, 6) is 0.932. The zero-order valence-electron chi connectivity index (χ0n) is 13.5. The summed E-state index contributed by atoms with van der Waals surface area (Å²) < 4.78 is 9.12. The lowest BCUT2D eigenvalue weighted by atomic mass is 9.75. The summed E-state index contributed by atoms with van der Waals surface area (Å²) in [6.07, 6.45) is 7.45. The molecule has 23 heavy (non-hydrogen) atoms. The van der Waals surface area contributed by atoms with Crippen LogP contribution in [-0.2, 0) is 4.74 Å². The van der Waals surface area contributed by atoms with Crippen LogP contribution in [0.4, 0.5) is 5.95 Å². The van der Waals surface area contributed by atoms with Crippen molar-refractivity contribution in [2.24, 2.45) is 11.1 Å². The summed E-state index contributed by atoms with van der Waals surface area (Å²) in [5, 5.41) is 0. The van der Waals surface area contributed by atoms with E-state index in [9.17, 15) is 0 Å². The van der Waals surface area contributed by atoms with E-state index >= 15 is 0 Å². The maximum absolute atomic E-state index is 6.52. The second kappa shape index (κ2) is 5.16. The minimum absolute atomic E-state index is 0.0512. The number of hydrogen-bond donors (Lipinski definition) is 1. The van der Waals surface area contributed by atoms with Gasteiger partial charge in [-0.3, -0.25) is 4.40 Å². The molecule has 2 fully saturated rings. The molecule has 0 bridgehead atoms. The molecule has 2 aliphatic heterocycles. The normalized spacial score (nSPS) is 26.3. The van der Waals surface area contributed by atoms with Gasteiger partial charge in [-0.25, -0.2) is 9.97 Å². The molecule has 124 valence electrons. The van der Waals surface area contributed by atoms with Crippen molar-refractivity contribution in [2.45, 2.75) is 38.3 Å². The van der Waals surface area contributed by atoms with Gasteiger partial charge < -0.3 is 15.4 Å². The molecule has 2 aromatic rings. The molecule has 0 saturated carbocycles. The summed E-state index contributed by atoms with van der Waals surface area (Å²) in [5.41, 5.74) is 7.29. The summed E-state index contributed by atoms with van der Waals surface area (Å²) in [6.45, 7) is 6.93. The van der Waals surface area contributed by atoms with E-state index in [4.69, 9.17) is 10.5 Å². The molecule has 0 aliphatic carbocycles. The Kier molecular flexibility index (Phi) is 3.44. The Bertz CT molecular complexity index is 735. The van der Waals surface area contributed by atoms with Gasteiger partial charge in [0.2, 0.25) is 5.95 Å². The quantitative estimate of drug-likeness (QED) is 0.822. The molecule has 4 heterocycles. The predicted molar refractivity (Wildman–Crippen MR) is 92.6 cm³/mol. The van der Waals surface area contributed by atoms with Gasteiger partial charge in [0.1, 0.15) is 0 Å². The summed E-state index contributed by atoms with van der Waals surface area (Å²) >= 11 is 3.50. The predicted octanol–water partition coefficient (Wildman–Crippen LogP) is 2.21. The van der Waals surface area contributed by atoms with Crippen molar-refractivity contribution in [1.29, 1.82) is 0 Å². The minimum atomic E-state index is -0.177. The van der Waals surface area contributed by atoms with Gasteiger partial charge in [-0.15, -0.1) is 0 Å². The summed E-state index contributed by atoms with van der Waals surface area (Å²) in [6, 6.07) is 0.0864. The fraction of sp³-hybridized carbons (Fsp3) is 0.625. The van der Waals surface area contributed by atoms with Gasteiger partial charge in [-0.1, -0.05) is 13.8 Å². The Morgan fingerprint density at radius 2 is 2.04 bits per heavy atom. The van der Waals surface area contributed by atoms with E-state index in [1.165, 1.54) is 0 Å². The molecular formula is C16H22BrN5O. The van der Waals surface area contributed by atoms with Crippen LogP contribution in [0.25, 0.3) is 5.65 Å². The first-order chi connectivity index (χ1) is 10.9. The zero-order valence-corrected chi connectivity index (χ0v) is 15.1. The highest BCUT2D eigenvalue weighted by molar-refractivity contribution is 9.10. The fourth-order valence-corrected chi connectivity index (χ4v) is 4.27. The third-order valence-electron chi connectivity index (χ3n) is 5.40. The van der Waals surface area contributed by atoms with Gasteiger partial charge >= 0.3 is 0 Å². The Labute approximate surface area is 144 Å². The number of rotatable bonds is 1. The van der Waals surface area contributed by atoms with Crippen LogP contribution in [0.15, 0.2) is 23.1 Å². The second-order valence-electron chi connectivity index (χ2n) is 7.33. The van der Waals surface area contributed by atoms with Crippen LogP contribution in [0.2, 0.25) is 0 Å². The molecular weight excluding hydrogens is 358 g/mol. The molecule has 7 heteroatoms. The molecule has 0 radical (unpaired) electrons. The van der Waals surface area contributed by atoms with E-state index in [-0.39, 0.29) is 17.1 Å². The first-order valence-corrected chi connectivity index (χ1v) is 8.84. The van der Waals surface area contributed by atoms with Crippen LogP contribution >= 0.6 is 15.9 Å². The van der Waals surface area contributed by atoms with Gasteiger partial charge in [0.25, 0.3) is 0 Å². The largest absolute Gasteiger partial charge is 0.373 e. The number of nitrogens with zero attached hydrogens (tertiary/aromatic N) is 4. The Hall–Kier alpha value is -1.18. The van der Waals surface area contributed by atoms with E-state index < -0.39 is 0 Å².